The van der Waals surface area contributed by atoms with Crippen LogP contribution in [0.25, 0.3) is 11.0 Å². The van der Waals surface area contributed by atoms with E-state index in [1.54, 1.807) is 18.2 Å². The first kappa shape index (κ1) is 14.1. The van der Waals surface area contributed by atoms with E-state index in [0.29, 0.717) is 5.56 Å². The highest BCUT2D eigenvalue weighted by Crippen LogP contribution is 2.25. The van der Waals surface area contributed by atoms with Crippen molar-refractivity contribution in [1.82, 2.24) is 14.5 Å². The fourth-order valence-electron chi connectivity index (χ4n) is 2.03. The SMILES string of the molecule is Cc1nc2ccc(C(=O)Nc3ncc([N+](=O)[O-])s3)cc2n1C. The Labute approximate surface area is 128 Å². The molecule has 0 unspecified atom stereocenters. The standard InChI is InChI=1S/C13H11N5O3S/c1-7-15-9-4-3-8(5-10(9)17(7)2)12(19)16-13-14-6-11(22-13)18(20)21/h3-6H,1-2H3,(H,14,16,19). The van der Waals surface area contributed by atoms with Crippen molar-refractivity contribution in [2.75, 3.05) is 5.32 Å². The van der Waals surface area contributed by atoms with Gasteiger partial charge in [-0.05, 0) is 36.5 Å². The molecular formula is C13H11N5O3S. The van der Waals surface area contributed by atoms with Crippen molar-refractivity contribution >= 4 is 38.4 Å². The number of benzene rings is 1. The van der Waals surface area contributed by atoms with Crippen LogP contribution in [0.5, 0.6) is 0 Å². The zero-order valence-electron chi connectivity index (χ0n) is 11.7. The van der Waals surface area contributed by atoms with Crippen LogP contribution in [0.3, 0.4) is 0 Å². The molecule has 22 heavy (non-hydrogen) atoms. The number of anilines is 1. The number of hydrogen-bond donors (Lipinski definition) is 1. The third kappa shape index (κ3) is 2.42. The summed E-state index contributed by atoms with van der Waals surface area (Å²) in [5.74, 6) is 0.480. The molecular weight excluding hydrogens is 306 g/mol. The second kappa shape index (κ2) is 5.19. The van der Waals surface area contributed by atoms with E-state index in [2.05, 4.69) is 15.3 Å². The molecule has 0 saturated heterocycles. The normalized spacial score (nSPS) is 10.8. The molecule has 0 aliphatic rings. The smallest absolute Gasteiger partial charge is 0.331 e. The van der Waals surface area contributed by atoms with Crippen LogP contribution >= 0.6 is 11.3 Å². The van der Waals surface area contributed by atoms with Gasteiger partial charge >= 0.3 is 5.00 Å². The number of carbonyl (C=O) groups excluding carboxylic acids is 1. The Kier molecular flexibility index (Phi) is 3.33. The van der Waals surface area contributed by atoms with Crippen LogP contribution < -0.4 is 5.32 Å². The fourth-order valence-corrected chi connectivity index (χ4v) is 2.66. The molecule has 0 spiro atoms. The largest absolute Gasteiger partial charge is 0.345 e. The summed E-state index contributed by atoms with van der Waals surface area (Å²) in [5, 5.41) is 13.2. The quantitative estimate of drug-likeness (QED) is 0.590. The number of thiazole rings is 1. The summed E-state index contributed by atoms with van der Waals surface area (Å²) in [4.78, 5) is 30.5. The highest BCUT2D eigenvalue weighted by molar-refractivity contribution is 7.18. The van der Waals surface area contributed by atoms with Gasteiger partial charge in [-0.15, -0.1) is 0 Å². The molecule has 3 aromatic rings. The Balaban J connectivity index is 1.88. The van der Waals surface area contributed by atoms with Crippen molar-refractivity contribution in [2.24, 2.45) is 7.05 Å². The van der Waals surface area contributed by atoms with Crippen molar-refractivity contribution in [3.8, 4) is 0 Å². The Bertz CT molecular complexity index is 898. The monoisotopic (exact) mass is 317 g/mol. The number of nitrogens with zero attached hydrogens (tertiary/aromatic N) is 4. The van der Waals surface area contributed by atoms with Gasteiger partial charge in [-0.25, -0.2) is 9.97 Å². The second-order valence-corrected chi connectivity index (χ2v) is 5.65. The molecule has 112 valence electrons. The minimum atomic E-state index is -0.544. The lowest BCUT2D eigenvalue weighted by Crippen LogP contribution is -2.11. The van der Waals surface area contributed by atoms with Crippen molar-refractivity contribution in [3.05, 3.63) is 45.9 Å². The first-order valence-corrected chi connectivity index (χ1v) is 7.12. The molecule has 0 radical (unpaired) electrons. The summed E-state index contributed by atoms with van der Waals surface area (Å²) in [6.07, 6.45) is 1.12. The summed E-state index contributed by atoms with van der Waals surface area (Å²) >= 11 is 0.815. The first-order chi connectivity index (χ1) is 10.5. The highest BCUT2D eigenvalue weighted by atomic mass is 32.1. The lowest BCUT2D eigenvalue weighted by molar-refractivity contribution is -0.380. The molecule has 2 aromatic heterocycles. The maximum atomic E-state index is 12.2. The van der Waals surface area contributed by atoms with Crippen molar-refractivity contribution in [2.45, 2.75) is 6.92 Å². The number of amides is 1. The number of aromatic nitrogens is 3. The van der Waals surface area contributed by atoms with Gasteiger partial charge in [0.05, 0.1) is 16.0 Å². The predicted molar refractivity (Wildman–Crippen MR) is 82.2 cm³/mol. The lowest BCUT2D eigenvalue weighted by Gasteiger charge is -2.02. The minimum Gasteiger partial charge on any atom is -0.331 e. The number of rotatable bonds is 3. The van der Waals surface area contributed by atoms with Gasteiger partial charge in [0.2, 0.25) is 0 Å². The van der Waals surface area contributed by atoms with Crippen molar-refractivity contribution in [3.63, 3.8) is 0 Å². The average Bonchev–Trinajstić information content (AvgIpc) is 3.05. The Hall–Kier alpha value is -2.81. The predicted octanol–water partition coefficient (Wildman–Crippen LogP) is 2.50. The van der Waals surface area contributed by atoms with Crippen LogP contribution in [0.4, 0.5) is 10.1 Å². The second-order valence-electron chi connectivity index (χ2n) is 4.64. The molecule has 8 nitrogen and oxygen atoms in total. The molecule has 0 saturated carbocycles. The number of fused-ring (bicyclic) bond motifs is 1. The maximum absolute atomic E-state index is 12.2. The van der Waals surface area contributed by atoms with E-state index >= 15 is 0 Å². The molecule has 0 aliphatic carbocycles. The first-order valence-electron chi connectivity index (χ1n) is 6.30. The van der Waals surface area contributed by atoms with E-state index < -0.39 is 4.92 Å². The van der Waals surface area contributed by atoms with Gasteiger partial charge in [-0.2, -0.15) is 0 Å². The van der Waals surface area contributed by atoms with Gasteiger partial charge in [0.25, 0.3) is 5.91 Å². The summed E-state index contributed by atoms with van der Waals surface area (Å²) < 4.78 is 1.89. The van der Waals surface area contributed by atoms with Crippen LogP contribution in [0.2, 0.25) is 0 Å². The summed E-state index contributed by atoms with van der Waals surface area (Å²) in [5.41, 5.74) is 2.09. The van der Waals surface area contributed by atoms with Crippen molar-refractivity contribution in [1.29, 1.82) is 0 Å². The number of imidazole rings is 1. The third-order valence-corrected chi connectivity index (χ3v) is 4.12. The summed E-state index contributed by atoms with van der Waals surface area (Å²) in [6, 6.07) is 5.15. The molecule has 0 bridgehead atoms. The van der Waals surface area contributed by atoms with Gasteiger partial charge in [0.1, 0.15) is 12.0 Å². The molecule has 1 aromatic carbocycles. The molecule has 0 atom stereocenters. The minimum absolute atomic E-state index is 0.118. The molecule has 0 fully saturated rings. The van der Waals surface area contributed by atoms with Gasteiger partial charge < -0.3 is 4.57 Å². The fraction of sp³-hybridized carbons (Fsp3) is 0.154. The van der Waals surface area contributed by atoms with E-state index in [1.807, 2.05) is 18.5 Å². The third-order valence-electron chi connectivity index (χ3n) is 3.26. The highest BCUT2D eigenvalue weighted by Gasteiger charge is 2.15. The Morgan fingerprint density at radius 1 is 1.45 bits per heavy atom. The van der Waals surface area contributed by atoms with Crippen LogP contribution in [0, 0.1) is 17.0 Å². The molecule has 3 rings (SSSR count). The molecule has 9 heteroatoms. The zero-order chi connectivity index (χ0) is 15.9. The van der Waals surface area contributed by atoms with E-state index in [0.717, 1.165) is 34.4 Å². The number of hydrogen-bond acceptors (Lipinski definition) is 6. The van der Waals surface area contributed by atoms with Gasteiger partial charge in [0.15, 0.2) is 5.13 Å². The molecule has 0 aliphatic heterocycles. The van der Waals surface area contributed by atoms with E-state index in [-0.39, 0.29) is 16.0 Å². The summed E-state index contributed by atoms with van der Waals surface area (Å²) in [6.45, 7) is 1.88. The topological polar surface area (TPSA) is 103 Å². The number of aryl methyl sites for hydroxylation is 2. The maximum Gasteiger partial charge on any atom is 0.345 e. The number of carbonyl (C=O) groups is 1. The van der Waals surface area contributed by atoms with E-state index in [4.69, 9.17) is 0 Å². The molecule has 1 amide bonds. The average molecular weight is 317 g/mol. The van der Waals surface area contributed by atoms with E-state index in [1.165, 1.54) is 0 Å². The van der Waals surface area contributed by atoms with Gasteiger partial charge in [-0.1, -0.05) is 0 Å². The summed E-state index contributed by atoms with van der Waals surface area (Å²) in [7, 11) is 1.87. The number of nitrogens with one attached hydrogen (secondary N) is 1. The van der Waals surface area contributed by atoms with Crippen LogP contribution in [-0.2, 0) is 7.05 Å². The Morgan fingerprint density at radius 3 is 2.91 bits per heavy atom. The van der Waals surface area contributed by atoms with Crippen molar-refractivity contribution < 1.29 is 9.72 Å². The van der Waals surface area contributed by atoms with Gasteiger partial charge in [-0.3, -0.25) is 20.2 Å². The zero-order valence-corrected chi connectivity index (χ0v) is 12.5. The van der Waals surface area contributed by atoms with E-state index in [9.17, 15) is 14.9 Å². The molecule has 2 heterocycles. The van der Waals surface area contributed by atoms with Crippen LogP contribution in [-0.4, -0.2) is 25.4 Å². The lowest BCUT2D eigenvalue weighted by atomic mass is 10.2. The van der Waals surface area contributed by atoms with Crippen LogP contribution in [0.1, 0.15) is 16.2 Å². The molecule has 1 N–H and O–H groups in total. The van der Waals surface area contributed by atoms with Crippen LogP contribution in [0.15, 0.2) is 24.4 Å². The number of nitro groups is 1. The Morgan fingerprint density at radius 2 is 2.23 bits per heavy atom. The van der Waals surface area contributed by atoms with Gasteiger partial charge in [0, 0.05) is 12.6 Å².